The minimum Gasteiger partial charge on any atom is -0.496 e. The molecular weight excluding hydrogens is 306 g/mol. The summed E-state index contributed by atoms with van der Waals surface area (Å²) in [6, 6.07) is 16.3. The normalized spacial score (nSPS) is 16.8. The Hall–Kier alpha value is -1.65. The number of hydrogen-bond acceptors (Lipinski definition) is 3. The van der Waals surface area contributed by atoms with Crippen molar-refractivity contribution in [1.29, 1.82) is 0 Å². The maximum Gasteiger partial charge on any atom is 0.122 e. The summed E-state index contributed by atoms with van der Waals surface area (Å²) >= 11 is 0. The topological polar surface area (TPSA) is 38.3 Å². The van der Waals surface area contributed by atoms with Crippen LogP contribution in [0.3, 0.4) is 0 Å². The van der Waals surface area contributed by atoms with Crippen LogP contribution in [0.15, 0.2) is 53.4 Å². The summed E-state index contributed by atoms with van der Waals surface area (Å²) in [4.78, 5) is 0.876. The third kappa shape index (κ3) is 3.65. The minimum atomic E-state index is -0.910. The molecule has 0 amide bonds. The lowest BCUT2D eigenvalue weighted by Gasteiger charge is -2.19. The highest BCUT2D eigenvalue weighted by atomic mass is 32.2. The summed E-state index contributed by atoms with van der Waals surface area (Å²) in [5.74, 6) is 0.988. The summed E-state index contributed by atoms with van der Waals surface area (Å²) in [7, 11) is 0.828. The zero-order chi connectivity index (χ0) is 16.3. The molecule has 1 saturated carbocycles. The third-order valence-corrected chi connectivity index (χ3v) is 5.52. The van der Waals surface area contributed by atoms with Gasteiger partial charge in [-0.15, -0.1) is 0 Å². The maximum absolute atomic E-state index is 11.4. The van der Waals surface area contributed by atoms with E-state index in [0.29, 0.717) is 0 Å². The van der Waals surface area contributed by atoms with E-state index in [-0.39, 0.29) is 5.41 Å². The van der Waals surface area contributed by atoms with E-state index in [2.05, 4.69) is 17.4 Å². The molecule has 1 aliphatic carbocycles. The summed E-state index contributed by atoms with van der Waals surface area (Å²) < 4.78 is 16.9. The molecule has 2 aromatic rings. The van der Waals surface area contributed by atoms with Crippen LogP contribution in [-0.2, 0) is 22.8 Å². The Kier molecular flexibility index (Phi) is 4.83. The molecule has 0 spiro atoms. The zero-order valence-corrected chi connectivity index (χ0v) is 14.5. The lowest BCUT2D eigenvalue weighted by Crippen LogP contribution is -2.27. The predicted octanol–water partition coefficient (Wildman–Crippen LogP) is 3.25. The molecule has 1 fully saturated rings. The number of methoxy groups -OCH3 is 1. The number of nitrogens with one attached hydrogen (secondary N) is 1. The van der Waals surface area contributed by atoms with Crippen molar-refractivity contribution >= 4 is 10.8 Å². The smallest absolute Gasteiger partial charge is 0.122 e. The second-order valence-electron chi connectivity index (χ2n) is 6.18. The summed E-state index contributed by atoms with van der Waals surface area (Å²) in [5, 5.41) is 3.57. The molecule has 4 heteroatoms. The van der Waals surface area contributed by atoms with Crippen LogP contribution in [0, 0.1) is 0 Å². The van der Waals surface area contributed by atoms with Gasteiger partial charge in [0.2, 0.25) is 0 Å². The van der Waals surface area contributed by atoms with Gasteiger partial charge in [0.1, 0.15) is 5.75 Å². The van der Waals surface area contributed by atoms with E-state index in [4.69, 9.17) is 4.74 Å². The van der Waals surface area contributed by atoms with E-state index in [1.807, 2.05) is 36.4 Å². The van der Waals surface area contributed by atoms with Gasteiger partial charge in [-0.1, -0.05) is 30.3 Å². The van der Waals surface area contributed by atoms with E-state index in [9.17, 15) is 4.21 Å². The van der Waals surface area contributed by atoms with E-state index in [1.54, 1.807) is 13.4 Å². The van der Waals surface area contributed by atoms with Crippen LogP contribution < -0.4 is 10.1 Å². The fourth-order valence-electron chi connectivity index (χ4n) is 3.02. The second-order valence-corrected chi connectivity index (χ2v) is 7.56. The molecule has 0 aliphatic heterocycles. The molecule has 0 heterocycles. The molecule has 3 nitrogen and oxygen atoms in total. The molecule has 3 rings (SSSR count). The Morgan fingerprint density at radius 3 is 2.43 bits per heavy atom. The molecular formula is C19H23NO2S. The minimum absolute atomic E-state index is 0.220. The Bertz CT molecular complexity index is 693. The maximum atomic E-state index is 11.4. The Balaban J connectivity index is 1.61. The van der Waals surface area contributed by atoms with Crippen LogP contribution in [0.25, 0.3) is 0 Å². The molecule has 2 aromatic carbocycles. The van der Waals surface area contributed by atoms with Gasteiger partial charge >= 0.3 is 0 Å². The Labute approximate surface area is 140 Å². The number of rotatable bonds is 7. The van der Waals surface area contributed by atoms with Crippen molar-refractivity contribution in [2.75, 3.05) is 19.9 Å². The molecule has 1 unspecified atom stereocenters. The Morgan fingerprint density at radius 2 is 1.83 bits per heavy atom. The molecule has 23 heavy (non-hydrogen) atoms. The lowest BCUT2D eigenvalue weighted by molar-refractivity contribution is 0.401. The van der Waals surface area contributed by atoms with Crippen LogP contribution in [0.5, 0.6) is 5.75 Å². The van der Waals surface area contributed by atoms with Crippen molar-refractivity contribution in [1.82, 2.24) is 5.32 Å². The lowest BCUT2D eigenvalue weighted by atomic mass is 9.95. The van der Waals surface area contributed by atoms with Crippen LogP contribution >= 0.6 is 0 Å². The fraction of sp³-hybridized carbons (Fsp3) is 0.368. The third-order valence-electron chi connectivity index (χ3n) is 4.58. The van der Waals surface area contributed by atoms with E-state index in [0.717, 1.165) is 23.7 Å². The predicted molar refractivity (Wildman–Crippen MR) is 94.4 cm³/mol. The molecule has 1 atom stereocenters. The molecule has 0 bridgehead atoms. The molecule has 0 saturated heterocycles. The Morgan fingerprint density at radius 1 is 1.13 bits per heavy atom. The highest BCUT2D eigenvalue weighted by Crippen LogP contribution is 2.50. The number of ether oxygens (including phenoxy) is 1. The van der Waals surface area contributed by atoms with Gasteiger partial charge in [0, 0.05) is 46.0 Å². The highest BCUT2D eigenvalue weighted by molar-refractivity contribution is 7.84. The number of benzene rings is 2. The van der Waals surface area contributed by atoms with E-state index >= 15 is 0 Å². The van der Waals surface area contributed by atoms with Gasteiger partial charge in [-0.25, -0.2) is 0 Å². The summed E-state index contributed by atoms with van der Waals surface area (Å²) in [6.07, 6.45) is 4.11. The molecule has 1 aliphatic rings. The average Bonchev–Trinajstić information content (AvgIpc) is 3.36. The van der Waals surface area contributed by atoms with Gasteiger partial charge in [0.25, 0.3) is 0 Å². The molecule has 0 aromatic heterocycles. The van der Waals surface area contributed by atoms with Gasteiger partial charge in [-0.3, -0.25) is 4.21 Å². The first kappa shape index (κ1) is 16.2. The average molecular weight is 329 g/mol. The first-order valence-electron chi connectivity index (χ1n) is 7.91. The van der Waals surface area contributed by atoms with Crippen LogP contribution in [0.2, 0.25) is 0 Å². The van der Waals surface area contributed by atoms with Gasteiger partial charge in [-0.2, -0.15) is 0 Å². The second kappa shape index (κ2) is 6.85. The monoisotopic (exact) mass is 329 g/mol. The first-order chi connectivity index (χ1) is 11.1. The van der Waals surface area contributed by atoms with Crippen molar-refractivity contribution in [2.24, 2.45) is 0 Å². The summed E-state index contributed by atoms with van der Waals surface area (Å²) in [5.41, 5.74) is 2.75. The van der Waals surface area contributed by atoms with Gasteiger partial charge in [-0.05, 0) is 36.6 Å². The fourth-order valence-corrected chi connectivity index (χ4v) is 3.54. The van der Waals surface area contributed by atoms with Crippen molar-refractivity contribution in [3.8, 4) is 5.75 Å². The largest absolute Gasteiger partial charge is 0.496 e. The van der Waals surface area contributed by atoms with Crippen LogP contribution in [0.4, 0.5) is 0 Å². The number of para-hydroxylation sites is 1. The standard InChI is InChI=1S/C19H23NO2S/c1-22-18-6-4-3-5-17(18)19(11-12-19)14-20-13-15-7-9-16(10-8-15)23(2)21/h3-10,20H,11-14H2,1-2H3. The first-order valence-corrected chi connectivity index (χ1v) is 9.47. The number of hydrogen-bond donors (Lipinski definition) is 1. The van der Waals surface area contributed by atoms with Gasteiger partial charge in [0.15, 0.2) is 0 Å². The summed E-state index contributed by atoms with van der Waals surface area (Å²) in [6.45, 7) is 1.78. The van der Waals surface area contributed by atoms with Crippen molar-refractivity contribution < 1.29 is 8.95 Å². The van der Waals surface area contributed by atoms with E-state index < -0.39 is 10.8 Å². The molecule has 1 N–H and O–H groups in total. The SMILES string of the molecule is COc1ccccc1C1(CNCc2ccc(S(C)=O)cc2)CC1. The van der Waals surface area contributed by atoms with Crippen LogP contribution in [-0.4, -0.2) is 24.1 Å². The quantitative estimate of drug-likeness (QED) is 0.847. The molecule has 122 valence electrons. The zero-order valence-electron chi connectivity index (χ0n) is 13.7. The van der Waals surface area contributed by atoms with E-state index in [1.165, 1.54) is 24.0 Å². The van der Waals surface area contributed by atoms with Gasteiger partial charge in [0.05, 0.1) is 7.11 Å². The van der Waals surface area contributed by atoms with Crippen molar-refractivity contribution in [3.05, 3.63) is 59.7 Å². The van der Waals surface area contributed by atoms with Crippen molar-refractivity contribution in [3.63, 3.8) is 0 Å². The highest BCUT2D eigenvalue weighted by Gasteiger charge is 2.45. The molecule has 0 radical (unpaired) electrons. The van der Waals surface area contributed by atoms with Gasteiger partial charge < -0.3 is 10.1 Å². The van der Waals surface area contributed by atoms with Crippen molar-refractivity contribution in [2.45, 2.75) is 29.7 Å². The van der Waals surface area contributed by atoms with Crippen LogP contribution in [0.1, 0.15) is 24.0 Å².